The first-order valence-corrected chi connectivity index (χ1v) is 6.65. The average molecular weight is 335 g/mol. The highest BCUT2D eigenvalue weighted by molar-refractivity contribution is 6.42. The van der Waals surface area contributed by atoms with Crippen molar-refractivity contribution in [3.63, 3.8) is 0 Å². The Morgan fingerprint density at radius 1 is 1.10 bits per heavy atom. The van der Waals surface area contributed by atoms with E-state index in [2.05, 4.69) is 4.98 Å². The van der Waals surface area contributed by atoms with Gasteiger partial charge in [0, 0.05) is 0 Å². The summed E-state index contributed by atoms with van der Waals surface area (Å²) in [5.74, 6) is 0.967. The lowest BCUT2D eigenvalue weighted by Gasteiger charge is -2.12. The van der Waals surface area contributed by atoms with Crippen LogP contribution in [0.2, 0.25) is 15.2 Å². The second-order valence-electron chi connectivity index (χ2n) is 3.79. The van der Waals surface area contributed by atoms with Gasteiger partial charge in [-0.3, -0.25) is 0 Å². The van der Waals surface area contributed by atoms with Crippen molar-refractivity contribution in [1.29, 1.82) is 0 Å². The van der Waals surface area contributed by atoms with E-state index >= 15 is 0 Å². The number of pyridine rings is 1. The quantitative estimate of drug-likeness (QED) is 0.845. The molecule has 0 atom stereocenters. The lowest BCUT2D eigenvalue weighted by atomic mass is 10.2. The highest BCUT2D eigenvalue weighted by Crippen LogP contribution is 2.37. The van der Waals surface area contributed by atoms with Crippen LogP contribution in [0, 0.1) is 0 Å². The summed E-state index contributed by atoms with van der Waals surface area (Å²) >= 11 is 17.6. The first-order chi connectivity index (χ1) is 9.55. The molecule has 0 aliphatic carbocycles. The van der Waals surface area contributed by atoms with Gasteiger partial charge in [-0.15, -0.1) is 0 Å². The van der Waals surface area contributed by atoms with Gasteiger partial charge in [0.1, 0.15) is 5.02 Å². The molecular formula is C13H10Cl3NO3. The Morgan fingerprint density at radius 2 is 1.85 bits per heavy atom. The molecule has 4 nitrogen and oxygen atoms in total. The smallest absolute Gasteiger partial charge is 0.239 e. The molecule has 0 spiro atoms. The SMILES string of the molecule is COc1cc(CO)ccc1Oc1nc(Cl)c(Cl)cc1Cl. The summed E-state index contributed by atoms with van der Waals surface area (Å²) in [7, 11) is 1.49. The minimum Gasteiger partial charge on any atom is -0.493 e. The number of halogens is 3. The van der Waals surface area contributed by atoms with Crippen molar-refractivity contribution in [2.75, 3.05) is 7.11 Å². The molecule has 0 bridgehead atoms. The van der Waals surface area contributed by atoms with Crippen LogP contribution in [-0.2, 0) is 6.61 Å². The summed E-state index contributed by atoms with van der Waals surface area (Å²) in [5.41, 5.74) is 0.697. The molecular weight excluding hydrogens is 325 g/mol. The fraction of sp³-hybridized carbons (Fsp3) is 0.154. The van der Waals surface area contributed by atoms with Gasteiger partial charge < -0.3 is 14.6 Å². The summed E-state index contributed by atoms with van der Waals surface area (Å²) in [4.78, 5) is 3.96. The van der Waals surface area contributed by atoms with Crippen molar-refractivity contribution in [2.45, 2.75) is 6.61 Å². The van der Waals surface area contributed by atoms with Crippen molar-refractivity contribution < 1.29 is 14.6 Å². The lowest BCUT2D eigenvalue weighted by Crippen LogP contribution is -1.95. The molecule has 0 saturated carbocycles. The minimum atomic E-state index is -0.0948. The number of aromatic nitrogens is 1. The second kappa shape index (κ2) is 6.50. The lowest BCUT2D eigenvalue weighted by molar-refractivity contribution is 0.280. The largest absolute Gasteiger partial charge is 0.493 e. The van der Waals surface area contributed by atoms with E-state index < -0.39 is 0 Å². The maximum absolute atomic E-state index is 9.09. The summed E-state index contributed by atoms with van der Waals surface area (Å²) in [5, 5.41) is 9.65. The van der Waals surface area contributed by atoms with Crippen molar-refractivity contribution in [1.82, 2.24) is 4.98 Å². The fourth-order valence-electron chi connectivity index (χ4n) is 1.50. The Balaban J connectivity index is 2.37. The zero-order valence-corrected chi connectivity index (χ0v) is 12.6. The molecule has 0 radical (unpaired) electrons. The first kappa shape index (κ1) is 15.2. The van der Waals surface area contributed by atoms with Crippen LogP contribution in [0.4, 0.5) is 0 Å². The van der Waals surface area contributed by atoms with E-state index in [1.165, 1.54) is 13.2 Å². The molecule has 0 amide bonds. The molecule has 1 aromatic carbocycles. The third-order valence-electron chi connectivity index (χ3n) is 2.47. The summed E-state index contributed by atoms with van der Waals surface area (Å²) in [6, 6.07) is 6.44. The average Bonchev–Trinajstić information content (AvgIpc) is 2.45. The predicted octanol–water partition coefficient (Wildman–Crippen LogP) is 4.34. The van der Waals surface area contributed by atoms with Crippen LogP contribution in [0.15, 0.2) is 24.3 Å². The van der Waals surface area contributed by atoms with E-state index in [4.69, 9.17) is 49.4 Å². The van der Waals surface area contributed by atoms with E-state index in [0.717, 1.165) is 0 Å². The standard InChI is InChI=1S/C13H10Cl3NO3/c1-19-11-4-7(6-18)2-3-10(11)20-13-9(15)5-8(14)12(16)17-13/h2-5,18H,6H2,1H3. The van der Waals surface area contributed by atoms with Crippen LogP contribution >= 0.6 is 34.8 Å². The molecule has 106 valence electrons. The normalized spacial score (nSPS) is 10.4. The van der Waals surface area contributed by atoms with Gasteiger partial charge in [-0.1, -0.05) is 40.9 Å². The molecule has 7 heteroatoms. The van der Waals surface area contributed by atoms with Crippen molar-refractivity contribution in [3.05, 3.63) is 45.0 Å². The van der Waals surface area contributed by atoms with E-state index in [0.29, 0.717) is 17.1 Å². The molecule has 1 N–H and O–H groups in total. The maximum Gasteiger partial charge on any atom is 0.239 e. The highest BCUT2D eigenvalue weighted by atomic mass is 35.5. The number of aliphatic hydroxyl groups is 1. The molecule has 2 aromatic rings. The maximum atomic E-state index is 9.09. The number of hydrogen-bond acceptors (Lipinski definition) is 4. The van der Waals surface area contributed by atoms with Gasteiger partial charge in [-0.05, 0) is 23.8 Å². The van der Waals surface area contributed by atoms with Crippen LogP contribution < -0.4 is 9.47 Å². The molecule has 0 fully saturated rings. The minimum absolute atomic E-state index is 0.0945. The highest BCUT2D eigenvalue weighted by Gasteiger charge is 2.13. The zero-order chi connectivity index (χ0) is 14.7. The Labute approximate surface area is 130 Å². The van der Waals surface area contributed by atoms with E-state index in [9.17, 15) is 0 Å². The van der Waals surface area contributed by atoms with Gasteiger partial charge in [0.05, 0.1) is 18.7 Å². The molecule has 0 aliphatic rings. The number of nitrogens with zero attached hydrogens (tertiary/aromatic N) is 1. The Kier molecular flexibility index (Phi) is 4.94. The van der Waals surface area contributed by atoms with Crippen LogP contribution in [0.1, 0.15) is 5.56 Å². The molecule has 1 aromatic heterocycles. The Morgan fingerprint density at radius 3 is 2.50 bits per heavy atom. The molecule has 2 rings (SSSR count). The van der Waals surface area contributed by atoms with Gasteiger partial charge in [-0.25, -0.2) is 0 Å². The number of methoxy groups -OCH3 is 1. The van der Waals surface area contributed by atoms with Gasteiger partial charge in [0.15, 0.2) is 16.7 Å². The van der Waals surface area contributed by atoms with E-state index in [-0.39, 0.29) is 27.7 Å². The Hall–Kier alpha value is -1.20. The fourth-order valence-corrected chi connectivity index (χ4v) is 2.03. The van der Waals surface area contributed by atoms with E-state index in [1.807, 2.05) is 0 Å². The van der Waals surface area contributed by atoms with Crippen molar-refractivity contribution in [3.8, 4) is 17.4 Å². The molecule has 0 saturated heterocycles. The number of rotatable bonds is 4. The number of benzene rings is 1. The number of ether oxygens (including phenoxy) is 2. The third kappa shape index (κ3) is 3.27. The third-order valence-corrected chi connectivity index (χ3v) is 3.42. The van der Waals surface area contributed by atoms with Crippen LogP contribution in [0.25, 0.3) is 0 Å². The first-order valence-electron chi connectivity index (χ1n) is 5.52. The molecule has 0 aliphatic heterocycles. The van der Waals surface area contributed by atoms with Crippen LogP contribution in [0.3, 0.4) is 0 Å². The summed E-state index contributed by atoms with van der Waals surface area (Å²) in [6.07, 6.45) is 0. The van der Waals surface area contributed by atoms with Crippen LogP contribution in [0.5, 0.6) is 17.4 Å². The zero-order valence-electron chi connectivity index (χ0n) is 10.4. The molecule has 1 heterocycles. The number of hydrogen-bond donors (Lipinski definition) is 1. The number of aliphatic hydroxyl groups excluding tert-OH is 1. The van der Waals surface area contributed by atoms with Gasteiger partial charge in [-0.2, -0.15) is 4.98 Å². The summed E-state index contributed by atoms with van der Waals surface area (Å²) < 4.78 is 10.8. The predicted molar refractivity (Wildman–Crippen MR) is 78.3 cm³/mol. The Bertz CT molecular complexity index is 634. The monoisotopic (exact) mass is 333 g/mol. The van der Waals surface area contributed by atoms with Crippen LogP contribution in [-0.4, -0.2) is 17.2 Å². The van der Waals surface area contributed by atoms with Gasteiger partial charge in [0.25, 0.3) is 0 Å². The van der Waals surface area contributed by atoms with Crippen molar-refractivity contribution >= 4 is 34.8 Å². The van der Waals surface area contributed by atoms with E-state index in [1.54, 1.807) is 18.2 Å². The molecule has 20 heavy (non-hydrogen) atoms. The van der Waals surface area contributed by atoms with Crippen molar-refractivity contribution in [2.24, 2.45) is 0 Å². The summed E-state index contributed by atoms with van der Waals surface area (Å²) in [6.45, 7) is -0.0948. The van der Waals surface area contributed by atoms with Gasteiger partial charge >= 0.3 is 0 Å². The second-order valence-corrected chi connectivity index (χ2v) is 4.97. The van der Waals surface area contributed by atoms with Gasteiger partial charge in [0.2, 0.25) is 5.88 Å². The molecule has 0 unspecified atom stereocenters. The topological polar surface area (TPSA) is 51.6 Å².